The van der Waals surface area contributed by atoms with Gasteiger partial charge >= 0.3 is 0 Å². The van der Waals surface area contributed by atoms with Gasteiger partial charge in [0.2, 0.25) is 5.95 Å². The molecule has 1 aliphatic rings. The molecular weight excluding hydrogens is 210 g/mol. The Balaban J connectivity index is 2.00. The molecule has 3 nitrogen and oxygen atoms in total. The molecule has 2 unspecified atom stereocenters. The Morgan fingerprint density at radius 1 is 1.53 bits per heavy atom. The van der Waals surface area contributed by atoms with Crippen LogP contribution in [0, 0.1) is 5.92 Å². The highest BCUT2D eigenvalue weighted by Gasteiger charge is 2.24. The number of aryl methyl sites for hydroxylation is 1. The summed E-state index contributed by atoms with van der Waals surface area (Å²) < 4.78 is 2.01. The van der Waals surface area contributed by atoms with Crippen LogP contribution in [0.25, 0.3) is 0 Å². The van der Waals surface area contributed by atoms with E-state index >= 15 is 0 Å². The summed E-state index contributed by atoms with van der Waals surface area (Å²) in [7, 11) is 2.01. The van der Waals surface area contributed by atoms with Gasteiger partial charge in [-0.25, -0.2) is 4.98 Å². The number of rotatable bonds is 3. The average molecular weight is 228 g/mol. The molecule has 1 N–H and O–H groups in total. The van der Waals surface area contributed by atoms with Crippen molar-refractivity contribution < 1.29 is 0 Å². The fourth-order valence-corrected chi connectivity index (χ4v) is 2.62. The SMILES string of the molecule is Cn1ccnc1NC1CCCCC1CCl. The normalized spacial score (nSPS) is 26.5. The Morgan fingerprint density at radius 2 is 2.33 bits per heavy atom. The van der Waals surface area contributed by atoms with Crippen LogP contribution in [0.2, 0.25) is 0 Å². The smallest absolute Gasteiger partial charge is 0.202 e. The second-order valence-electron chi connectivity index (χ2n) is 4.31. The number of nitrogens with zero attached hydrogens (tertiary/aromatic N) is 2. The number of imidazole rings is 1. The first-order valence-electron chi connectivity index (χ1n) is 5.61. The highest BCUT2D eigenvalue weighted by Crippen LogP contribution is 2.27. The summed E-state index contributed by atoms with van der Waals surface area (Å²) in [4.78, 5) is 4.29. The summed E-state index contributed by atoms with van der Waals surface area (Å²) in [6.07, 6.45) is 8.85. The maximum atomic E-state index is 5.99. The van der Waals surface area contributed by atoms with E-state index in [1.807, 2.05) is 24.0 Å². The predicted octanol–water partition coefficient (Wildman–Crippen LogP) is 2.63. The Kier molecular flexibility index (Phi) is 3.52. The van der Waals surface area contributed by atoms with Gasteiger partial charge in [0, 0.05) is 31.4 Å². The van der Waals surface area contributed by atoms with Crippen molar-refractivity contribution in [3.8, 4) is 0 Å². The maximum Gasteiger partial charge on any atom is 0.202 e. The Hall–Kier alpha value is -0.700. The fourth-order valence-electron chi connectivity index (χ4n) is 2.25. The minimum Gasteiger partial charge on any atom is -0.353 e. The molecule has 1 heterocycles. The van der Waals surface area contributed by atoms with Crippen LogP contribution in [0.1, 0.15) is 25.7 Å². The van der Waals surface area contributed by atoms with Crippen LogP contribution in [0.5, 0.6) is 0 Å². The molecule has 1 aromatic heterocycles. The van der Waals surface area contributed by atoms with Crippen LogP contribution in [-0.2, 0) is 7.05 Å². The molecule has 84 valence electrons. The van der Waals surface area contributed by atoms with Gasteiger partial charge in [-0.2, -0.15) is 0 Å². The third-order valence-electron chi connectivity index (χ3n) is 3.24. The van der Waals surface area contributed by atoms with Crippen molar-refractivity contribution in [2.75, 3.05) is 11.2 Å². The minimum atomic E-state index is 0.498. The van der Waals surface area contributed by atoms with E-state index in [9.17, 15) is 0 Å². The lowest BCUT2D eigenvalue weighted by molar-refractivity contribution is 0.351. The van der Waals surface area contributed by atoms with E-state index in [2.05, 4.69) is 10.3 Å². The summed E-state index contributed by atoms with van der Waals surface area (Å²) in [5, 5.41) is 3.50. The quantitative estimate of drug-likeness (QED) is 0.805. The van der Waals surface area contributed by atoms with Crippen molar-refractivity contribution in [2.45, 2.75) is 31.7 Å². The van der Waals surface area contributed by atoms with Gasteiger partial charge < -0.3 is 9.88 Å². The van der Waals surface area contributed by atoms with Crippen LogP contribution < -0.4 is 5.32 Å². The second-order valence-corrected chi connectivity index (χ2v) is 4.62. The summed E-state index contributed by atoms with van der Waals surface area (Å²) in [5.74, 6) is 2.30. The molecule has 0 aromatic carbocycles. The topological polar surface area (TPSA) is 29.9 Å². The zero-order valence-corrected chi connectivity index (χ0v) is 9.87. The monoisotopic (exact) mass is 227 g/mol. The number of hydrogen-bond donors (Lipinski definition) is 1. The molecule has 0 amide bonds. The van der Waals surface area contributed by atoms with Crippen LogP contribution in [0.15, 0.2) is 12.4 Å². The van der Waals surface area contributed by atoms with Gasteiger partial charge in [-0.3, -0.25) is 0 Å². The Morgan fingerprint density at radius 3 is 3.00 bits per heavy atom. The van der Waals surface area contributed by atoms with Crippen LogP contribution in [0.3, 0.4) is 0 Å². The number of alkyl halides is 1. The average Bonchev–Trinajstić information content (AvgIpc) is 2.65. The summed E-state index contributed by atoms with van der Waals surface area (Å²) in [6, 6.07) is 0.498. The molecule has 1 saturated carbocycles. The van der Waals surface area contributed by atoms with Gasteiger partial charge in [-0.05, 0) is 18.8 Å². The van der Waals surface area contributed by atoms with Crippen molar-refractivity contribution in [3.05, 3.63) is 12.4 Å². The van der Waals surface area contributed by atoms with E-state index in [0.717, 1.165) is 11.8 Å². The zero-order valence-electron chi connectivity index (χ0n) is 9.12. The lowest BCUT2D eigenvalue weighted by atomic mass is 9.86. The van der Waals surface area contributed by atoms with E-state index in [4.69, 9.17) is 11.6 Å². The van der Waals surface area contributed by atoms with E-state index in [-0.39, 0.29) is 0 Å². The number of aromatic nitrogens is 2. The molecule has 1 aliphatic carbocycles. The Labute approximate surface area is 95.8 Å². The van der Waals surface area contributed by atoms with Gasteiger partial charge in [-0.1, -0.05) is 12.8 Å². The first kappa shape index (κ1) is 10.8. The molecular formula is C11H18ClN3. The number of hydrogen-bond acceptors (Lipinski definition) is 2. The van der Waals surface area contributed by atoms with E-state index in [0.29, 0.717) is 12.0 Å². The third kappa shape index (κ3) is 2.46. The standard InChI is InChI=1S/C11H18ClN3/c1-15-7-6-13-11(15)14-10-5-3-2-4-9(10)8-12/h6-7,9-10H,2-5,8H2,1H3,(H,13,14). The van der Waals surface area contributed by atoms with Crippen molar-refractivity contribution in [3.63, 3.8) is 0 Å². The highest BCUT2D eigenvalue weighted by molar-refractivity contribution is 6.18. The van der Waals surface area contributed by atoms with Crippen LogP contribution >= 0.6 is 11.6 Å². The predicted molar refractivity (Wildman–Crippen MR) is 63.3 cm³/mol. The first-order valence-corrected chi connectivity index (χ1v) is 6.14. The van der Waals surface area contributed by atoms with Gasteiger partial charge in [0.05, 0.1) is 0 Å². The molecule has 0 saturated heterocycles. The molecule has 2 rings (SSSR count). The largest absolute Gasteiger partial charge is 0.353 e. The van der Waals surface area contributed by atoms with E-state index in [1.54, 1.807) is 0 Å². The lowest BCUT2D eigenvalue weighted by Gasteiger charge is -2.31. The number of halogens is 1. The van der Waals surface area contributed by atoms with Crippen molar-refractivity contribution in [2.24, 2.45) is 13.0 Å². The highest BCUT2D eigenvalue weighted by atomic mass is 35.5. The van der Waals surface area contributed by atoms with E-state index < -0.39 is 0 Å². The zero-order chi connectivity index (χ0) is 10.7. The van der Waals surface area contributed by atoms with Gasteiger partial charge in [0.15, 0.2) is 0 Å². The molecule has 1 fully saturated rings. The van der Waals surface area contributed by atoms with Crippen molar-refractivity contribution in [1.29, 1.82) is 0 Å². The number of anilines is 1. The molecule has 0 bridgehead atoms. The van der Waals surface area contributed by atoms with E-state index in [1.165, 1.54) is 25.7 Å². The molecule has 2 atom stereocenters. The van der Waals surface area contributed by atoms with Gasteiger partial charge in [-0.15, -0.1) is 11.6 Å². The molecule has 15 heavy (non-hydrogen) atoms. The summed E-state index contributed by atoms with van der Waals surface area (Å²) >= 11 is 5.99. The summed E-state index contributed by atoms with van der Waals surface area (Å²) in [6.45, 7) is 0. The molecule has 0 aliphatic heterocycles. The molecule has 0 radical (unpaired) electrons. The van der Waals surface area contributed by atoms with Crippen molar-refractivity contribution >= 4 is 17.5 Å². The minimum absolute atomic E-state index is 0.498. The molecule has 0 spiro atoms. The fraction of sp³-hybridized carbons (Fsp3) is 0.727. The molecule has 4 heteroatoms. The lowest BCUT2D eigenvalue weighted by Crippen LogP contribution is -2.34. The van der Waals surface area contributed by atoms with Crippen LogP contribution in [0.4, 0.5) is 5.95 Å². The summed E-state index contributed by atoms with van der Waals surface area (Å²) in [5.41, 5.74) is 0. The number of nitrogens with one attached hydrogen (secondary N) is 1. The van der Waals surface area contributed by atoms with Crippen molar-refractivity contribution in [1.82, 2.24) is 9.55 Å². The second kappa shape index (κ2) is 4.88. The maximum absolute atomic E-state index is 5.99. The van der Waals surface area contributed by atoms with Gasteiger partial charge in [0.25, 0.3) is 0 Å². The Bertz CT molecular complexity index is 311. The van der Waals surface area contributed by atoms with Gasteiger partial charge in [0.1, 0.15) is 0 Å². The third-order valence-corrected chi connectivity index (χ3v) is 3.64. The molecule has 1 aromatic rings. The van der Waals surface area contributed by atoms with Crippen LogP contribution in [-0.4, -0.2) is 21.5 Å². The first-order chi connectivity index (χ1) is 7.31.